The van der Waals surface area contributed by atoms with Crippen molar-refractivity contribution in [3.63, 3.8) is 0 Å². The first-order chi connectivity index (χ1) is 10.2. The van der Waals surface area contributed by atoms with Crippen molar-refractivity contribution >= 4 is 52.0 Å². The molecule has 1 fully saturated rings. The molecule has 0 saturated carbocycles. The molecule has 1 aromatic carbocycles. The largest absolute Gasteiger partial charge is 0.369 e. The highest BCUT2D eigenvalue weighted by Crippen LogP contribution is 2.36. The van der Waals surface area contributed by atoms with Crippen molar-refractivity contribution in [1.82, 2.24) is 9.88 Å². The van der Waals surface area contributed by atoms with Gasteiger partial charge in [-0.3, -0.25) is 0 Å². The highest BCUT2D eigenvalue weighted by atomic mass is 35.5. The van der Waals surface area contributed by atoms with E-state index in [0.29, 0.717) is 10.0 Å². The molecule has 2 nitrogen and oxygen atoms in total. The molecule has 0 amide bonds. The minimum atomic E-state index is 0.554. The van der Waals surface area contributed by atoms with E-state index in [9.17, 15) is 0 Å². The van der Waals surface area contributed by atoms with Crippen molar-refractivity contribution in [1.29, 1.82) is 0 Å². The Labute approximate surface area is 142 Å². The minimum absolute atomic E-state index is 0.554. The van der Waals surface area contributed by atoms with Crippen LogP contribution in [0.2, 0.25) is 10.0 Å². The normalized spacial score (nSPS) is 15.2. The molecule has 2 aromatic rings. The lowest BCUT2D eigenvalue weighted by atomic mass is 10.2. The van der Waals surface area contributed by atoms with Crippen molar-refractivity contribution in [3.05, 3.63) is 45.9 Å². The maximum Gasteiger partial charge on any atom is 0.125 e. The zero-order valence-corrected chi connectivity index (χ0v) is 14.5. The van der Waals surface area contributed by atoms with Crippen molar-refractivity contribution in [3.8, 4) is 10.6 Å². The first-order valence-electron chi connectivity index (χ1n) is 6.58. The number of thiazole rings is 1. The van der Waals surface area contributed by atoms with Crippen LogP contribution in [0.3, 0.4) is 0 Å². The molecule has 1 aliphatic heterocycles. The third kappa shape index (κ3) is 3.24. The molecule has 110 valence electrons. The van der Waals surface area contributed by atoms with E-state index in [1.165, 1.54) is 0 Å². The average molecular weight is 357 g/mol. The van der Waals surface area contributed by atoms with E-state index in [-0.39, 0.29) is 0 Å². The van der Waals surface area contributed by atoms with Crippen LogP contribution in [0.5, 0.6) is 0 Å². The number of aromatic nitrogens is 1. The van der Waals surface area contributed by atoms with Gasteiger partial charge in [-0.1, -0.05) is 41.9 Å². The topological polar surface area (TPSA) is 16.1 Å². The van der Waals surface area contributed by atoms with Crippen LogP contribution in [0.4, 0.5) is 0 Å². The fraction of sp³-hybridized carbons (Fsp3) is 0.267. The number of hydrogen-bond donors (Lipinski definition) is 0. The molecule has 0 atom stereocenters. The lowest BCUT2D eigenvalue weighted by Gasteiger charge is -2.29. The molecular formula is C15H14Cl2N2S2. The molecule has 0 radical (unpaired) electrons. The van der Waals surface area contributed by atoms with Crippen LogP contribution in [0.1, 0.15) is 5.69 Å². The SMILES string of the molecule is C=C(c1csc(-c2cccc(Cl)c2Cl)n1)N1CCSCC1. The lowest BCUT2D eigenvalue weighted by Crippen LogP contribution is -2.30. The summed E-state index contributed by atoms with van der Waals surface area (Å²) in [5.74, 6) is 2.30. The fourth-order valence-electron chi connectivity index (χ4n) is 2.19. The fourth-order valence-corrected chi connectivity index (χ4v) is 4.40. The van der Waals surface area contributed by atoms with Crippen molar-refractivity contribution in [2.24, 2.45) is 0 Å². The predicted octanol–water partition coefficient (Wildman–Crippen LogP) is 5.14. The van der Waals surface area contributed by atoms with Gasteiger partial charge in [-0.05, 0) is 6.07 Å². The number of nitrogens with zero attached hydrogens (tertiary/aromatic N) is 2. The van der Waals surface area contributed by atoms with E-state index in [1.807, 2.05) is 29.3 Å². The van der Waals surface area contributed by atoms with E-state index >= 15 is 0 Å². The highest BCUT2D eigenvalue weighted by Gasteiger charge is 2.17. The zero-order chi connectivity index (χ0) is 14.8. The maximum atomic E-state index is 6.26. The maximum absolute atomic E-state index is 6.26. The number of hydrogen-bond acceptors (Lipinski definition) is 4. The molecule has 0 unspecified atom stereocenters. The standard InChI is InChI=1S/C15H14Cl2N2S2/c1-10(19-5-7-20-8-6-19)13-9-21-15(18-13)11-3-2-4-12(16)14(11)17/h2-4,9H,1,5-8H2. The summed E-state index contributed by atoms with van der Waals surface area (Å²) >= 11 is 15.9. The molecule has 6 heteroatoms. The second-order valence-corrected chi connectivity index (χ2v) is 7.55. The van der Waals surface area contributed by atoms with Gasteiger partial charge in [0.25, 0.3) is 0 Å². The molecule has 3 rings (SSSR count). The van der Waals surface area contributed by atoms with E-state index in [2.05, 4.69) is 16.5 Å². The van der Waals surface area contributed by atoms with Crippen molar-refractivity contribution < 1.29 is 0 Å². The molecular weight excluding hydrogens is 343 g/mol. The summed E-state index contributed by atoms with van der Waals surface area (Å²) in [6.45, 7) is 6.27. The Morgan fingerprint density at radius 2 is 2.00 bits per heavy atom. The van der Waals surface area contributed by atoms with Gasteiger partial charge < -0.3 is 4.90 Å². The summed E-state index contributed by atoms with van der Waals surface area (Å²) in [7, 11) is 0. The minimum Gasteiger partial charge on any atom is -0.369 e. The van der Waals surface area contributed by atoms with Crippen molar-refractivity contribution in [2.45, 2.75) is 0 Å². The van der Waals surface area contributed by atoms with Gasteiger partial charge in [0.2, 0.25) is 0 Å². The zero-order valence-electron chi connectivity index (χ0n) is 11.3. The Morgan fingerprint density at radius 1 is 1.24 bits per heavy atom. The van der Waals surface area contributed by atoms with Crippen LogP contribution in [0.25, 0.3) is 16.3 Å². The molecule has 21 heavy (non-hydrogen) atoms. The molecule has 0 spiro atoms. The van der Waals surface area contributed by atoms with Crippen LogP contribution in [-0.4, -0.2) is 34.5 Å². The Hall–Kier alpha value is -0.680. The molecule has 0 N–H and O–H groups in total. The summed E-state index contributed by atoms with van der Waals surface area (Å²) in [5, 5.41) is 4.03. The van der Waals surface area contributed by atoms with Crippen LogP contribution in [0, 0.1) is 0 Å². The van der Waals surface area contributed by atoms with Gasteiger partial charge in [-0.15, -0.1) is 11.3 Å². The Kier molecular flexibility index (Phi) is 4.79. The summed E-state index contributed by atoms with van der Waals surface area (Å²) in [5.41, 5.74) is 2.80. The lowest BCUT2D eigenvalue weighted by molar-refractivity contribution is 0.439. The first-order valence-corrected chi connectivity index (χ1v) is 9.37. The molecule has 1 aromatic heterocycles. The molecule has 1 aliphatic rings. The summed E-state index contributed by atoms with van der Waals surface area (Å²) < 4.78 is 0. The van der Waals surface area contributed by atoms with E-state index in [0.717, 1.165) is 46.6 Å². The van der Waals surface area contributed by atoms with Crippen LogP contribution >= 0.6 is 46.3 Å². The van der Waals surface area contributed by atoms with Gasteiger partial charge >= 0.3 is 0 Å². The summed E-state index contributed by atoms with van der Waals surface area (Å²) in [4.78, 5) is 6.99. The molecule has 0 aliphatic carbocycles. The van der Waals surface area contributed by atoms with Crippen LogP contribution in [0.15, 0.2) is 30.2 Å². The Morgan fingerprint density at radius 3 is 2.76 bits per heavy atom. The molecule has 2 heterocycles. The molecule has 1 saturated heterocycles. The van der Waals surface area contributed by atoms with Gasteiger partial charge in [0.1, 0.15) is 5.01 Å². The average Bonchev–Trinajstić information content (AvgIpc) is 3.00. The third-order valence-corrected chi connectivity index (χ3v) is 6.01. The second kappa shape index (κ2) is 6.61. The van der Waals surface area contributed by atoms with Crippen LogP contribution < -0.4 is 0 Å². The van der Waals surface area contributed by atoms with E-state index < -0.39 is 0 Å². The second-order valence-electron chi connectivity index (χ2n) is 4.69. The quantitative estimate of drug-likeness (QED) is 0.757. The van der Waals surface area contributed by atoms with Crippen LogP contribution in [-0.2, 0) is 0 Å². The van der Waals surface area contributed by atoms with Gasteiger partial charge in [-0.2, -0.15) is 11.8 Å². The highest BCUT2D eigenvalue weighted by molar-refractivity contribution is 7.99. The Balaban J connectivity index is 1.86. The van der Waals surface area contributed by atoms with Gasteiger partial charge in [0.05, 0.1) is 21.4 Å². The van der Waals surface area contributed by atoms with Crippen molar-refractivity contribution in [2.75, 3.05) is 24.6 Å². The van der Waals surface area contributed by atoms with Gasteiger partial charge in [0, 0.05) is 35.5 Å². The summed E-state index contributed by atoms with van der Waals surface area (Å²) in [6, 6.07) is 5.62. The predicted molar refractivity (Wildman–Crippen MR) is 95.5 cm³/mol. The monoisotopic (exact) mass is 356 g/mol. The number of benzene rings is 1. The number of thioether (sulfide) groups is 1. The smallest absolute Gasteiger partial charge is 0.125 e. The van der Waals surface area contributed by atoms with E-state index in [4.69, 9.17) is 23.2 Å². The number of rotatable bonds is 3. The third-order valence-electron chi connectivity index (χ3n) is 3.37. The molecule has 0 bridgehead atoms. The number of halogens is 2. The summed E-state index contributed by atoms with van der Waals surface area (Å²) in [6.07, 6.45) is 0. The van der Waals surface area contributed by atoms with Gasteiger partial charge in [-0.25, -0.2) is 4.98 Å². The Bertz CT molecular complexity index is 663. The first kappa shape index (κ1) is 15.2. The van der Waals surface area contributed by atoms with Gasteiger partial charge in [0.15, 0.2) is 0 Å². The van der Waals surface area contributed by atoms with E-state index in [1.54, 1.807) is 17.4 Å².